The molecule has 1 rings (SSSR count). The number of benzene rings is 1. The van der Waals surface area contributed by atoms with E-state index in [1.807, 2.05) is 32.8 Å². The first-order valence-corrected chi connectivity index (χ1v) is 5.94. The molecule has 102 valence electrons. The first-order valence-electron chi connectivity index (χ1n) is 5.94. The van der Waals surface area contributed by atoms with Gasteiger partial charge in [0, 0.05) is 6.54 Å². The summed E-state index contributed by atoms with van der Waals surface area (Å²) in [5, 5.41) is 17.8. The number of carboxylic acids is 1. The fourth-order valence-corrected chi connectivity index (χ4v) is 1.37. The Hall–Kier alpha value is -1.39. The smallest absolute Gasteiger partial charge is 0.335 e. The largest absolute Gasteiger partial charge is 0.478 e. The molecule has 0 aliphatic heterocycles. The normalized spacial score (nSPS) is 13.4. The lowest BCUT2D eigenvalue weighted by Gasteiger charge is -2.24. The van der Waals surface area contributed by atoms with E-state index in [0.29, 0.717) is 5.56 Å². The number of carbonyl (C=O) groups is 1. The number of nitrogens with zero attached hydrogens (tertiary/aromatic N) is 1. The maximum absolute atomic E-state index is 10.2. The number of likely N-dealkylation sites (N-methyl/N-ethyl adjacent to an activating group) is 1. The van der Waals surface area contributed by atoms with Crippen molar-refractivity contribution in [3.63, 3.8) is 0 Å². The van der Waals surface area contributed by atoms with E-state index >= 15 is 0 Å². The summed E-state index contributed by atoms with van der Waals surface area (Å²) in [5.41, 5.74) is -0.179. The standard InChI is InChI=1S/C7H17NO.C7H6O2/c1-5-7(2,9)6-8(3)4;8-7(9)6-4-2-1-3-5-6/h9H,5-6H2,1-4H3;1-5H,(H,8,9). The van der Waals surface area contributed by atoms with Gasteiger partial charge < -0.3 is 15.1 Å². The quantitative estimate of drug-likeness (QED) is 0.862. The van der Waals surface area contributed by atoms with E-state index in [9.17, 15) is 9.90 Å². The summed E-state index contributed by atoms with van der Waals surface area (Å²) in [6, 6.07) is 8.30. The van der Waals surface area contributed by atoms with Crippen LogP contribution in [0, 0.1) is 0 Å². The Labute approximate surface area is 109 Å². The van der Waals surface area contributed by atoms with Crippen LogP contribution in [0.3, 0.4) is 0 Å². The Morgan fingerprint density at radius 1 is 1.28 bits per heavy atom. The number of aliphatic hydroxyl groups is 1. The van der Waals surface area contributed by atoms with Gasteiger partial charge in [0.15, 0.2) is 0 Å². The summed E-state index contributed by atoms with van der Waals surface area (Å²) < 4.78 is 0. The van der Waals surface area contributed by atoms with Crippen LogP contribution >= 0.6 is 0 Å². The number of hydrogen-bond acceptors (Lipinski definition) is 3. The average molecular weight is 253 g/mol. The number of hydrogen-bond donors (Lipinski definition) is 2. The molecule has 1 aromatic rings. The van der Waals surface area contributed by atoms with Gasteiger partial charge in [0.05, 0.1) is 11.2 Å². The fourth-order valence-electron chi connectivity index (χ4n) is 1.37. The van der Waals surface area contributed by atoms with Gasteiger partial charge in [-0.3, -0.25) is 0 Å². The maximum Gasteiger partial charge on any atom is 0.335 e. The number of carboxylic acid groups (broad SMARTS) is 1. The van der Waals surface area contributed by atoms with E-state index in [4.69, 9.17) is 5.11 Å². The summed E-state index contributed by atoms with van der Waals surface area (Å²) >= 11 is 0. The molecule has 0 spiro atoms. The van der Waals surface area contributed by atoms with Crippen LogP contribution in [0.5, 0.6) is 0 Å². The average Bonchev–Trinajstić information content (AvgIpc) is 2.29. The monoisotopic (exact) mass is 253 g/mol. The van der Waals surface area contributed by atoms with Crippen LogP contribution in [-0.4, -0.2) is 47.3 Å². The van der Waals surface area contributed by atoms with E-state index in [1.165, 1.54) is 0 Å². The Kier molecular flexibility index (Phi) is 7.24. The van der Waals surface area contributed by atoms with Crippen molar-refractivity contribution in [2.75, 3.05) is 20.6 Å². The molecule has 1 atom stereocenters. The summed E-state index contributed by atoms with van der Waals surface area (Å²) in [6.07, 6.45) is 0.811. The summed E-state index contributed by atoms with van der Waals surface area (Å²) in [7, 11) is 3.92. The van der Waals surface area contributed by atoms with Crippen LogP contribution in [0.25, 0.3) is 0 Å². The lowest BCUT2D eigenvalue weighted by molar-refractivity contribution is 0.0301. The van der Waals surface area contributed by atoms with E-state index in [2.05, 4.69) is 0 Å². The minimum absolute atomic E-state index is 0.331. The molecule has 0 saturated carbocycles. The predicted molar refractivity (Wildman–Crippen MR) is 72.9 cm³/mol. The molecule has 0 saturated heterocycles. The first-order chi connectivity index (χ1) is 8.28. The molecule has 1 aromatic carbocycles. The maximum atomic E-state index is 10.2. The SMILES string of the molecule is CCC(C)(O)CN(C)C.O=C(O)c1ccccc1. The molecule has 18 heavy (non-hydrogen) atoms. The molecule has 0 amide bonds. The molecule has 0 aliphatic rings. The van der Waals surface area contributed by atoms with Crippen molar-refractivity contribution in [3.05, 3.63) is 35.9 Å². The van der Waals surface area contributed by atoms with Crippen LogP contribution in [0.1, 0.15) is 30.6 Å². The Morgan fingerprint density at radius 3 is 2.00 bits per heavy atom. The van der Waals surface area contributed by atoms with Gasteiger partial charge in [0.25, 0.3) is 0 Å². The van der Waals surface area contributed by atoms with E-state index in [-0.39, 0.29) is 0 Å². The summed E-state index contributed by atoms with van der Waals surface area (Å²) in [6.45, 7) is 4.58. The zero-order chi connectivity index (χ0) is 14.2. The van der Waals surface area contributed by atoms with Crippen molar-refractivity contribution in [2.24, 2.45) is 0 Å². The van der Waals surface area contributed by atoms with Crippen LogP contribution in [0.4, 0.5) is 0 Å². The van der Waals surface area contributed by atoms with Crippen molar-refractivity contribution in [1.82, 2.24) is 4.90 Å². The van der Waals surface area contributed by atoms with E-state index < -0.39 is 11.6 Å². The molecule has 4 heteroatoms. The highest BCUT2D eigenvalue weighted by molar-refractivity contribution is 5.87. The molecule has 1 unspecified atom stereocenters. The highest BCUT2D eigenvalue weighted by Gasteiger charge is 2.17. The first kappa shape index (κ1) is 16.6. The Morgan fingerprint density at radius 2 is 1.78 bits per heavy atom. The Balaban J connectivity index is 0.000000321. The summed E-state index contributed by atoms with van der Waals surface area (Å²) in [5.74, 6) is -0.879. The molecule has 0 radical (unpaired) electrons. The van der Waals surface area contributed by atoms with Gasteiger partial charge in [0.2, 0.25) is 0 Å². The van der Waals surface area contributed by atoms with Gasteiger partial charge >= 0.3 is 5.97 Å². The third-order valence-corrected chi connectivity index (χ3v) is 2.44. The molecule has 0 aliphatic carbocycles. The van der Waals surface area contributed by atoms with Crippen molar-refractivity contribution < 1.29 is 15.0 Å². The zero-order valence-electron chi connectivity index (χ0n) is 11.6. The van der Waals surface area contributed by atoms with E-state index in [0.717, 1.165) is 13.0 Å². The molecular formula is C14H23NO3. The minimum Gasteiger partial charge on any atom is -0.478 e. The van der Waals surface area contributed by atoms with Crippen LogP contribution in [0.2, 0.25) is 0 Å². The van der Waals surface area contributed by atoms with Crippen molar-refractivity contribution in [1.29, 1.82) is 0 Å². The van der Waals surface area contributed by atoms with Crippen LogP contribution in [-0.2, 0) is 0 Å². The van der Waals surface area contributed by atoms with E-state index in [1.54, 1.807) is 30.3 Å². The summed E-state index contributed by atoms with van der Waals surface area (Å²) in [4.78, 5) is 12.2. The number of rotatable bonds is 4. The van der Waals surface area contributed by atoms with Crippen molar-refractivity contribution in [3.8, 4) is 0 Å². The Bertz CT molecular complexity index is 347. The second-order valence-electron chi connectivity index (χ2n) is 4.76. The van der Waals surface area contributed by atoms with Gasteiger partial charge in [-0.15, -0.1) is 0 Å². The topological polar surface area (TPSA) is 60.8 Å². The number of aromatic carboxylic acids is 1. The van der Waals surface area contributed by atoms with Gasteiger partial charge in [-0.2, -0.15) is 0 Å². The molecule has 0 bridgehead atoms. The van der Waals surface area contributed by atoms with Crippen LogP contribution < -0.4 is 0 Å². The highest BCUT2D eigenvalue weighted by atomic mass is 16.4. The van der Waals surface area contributed by atoms with Gasteiger partial charge in [-0.05, 0) is 39.6 Å². The highest BCUT2D eigenvalue weighted by Crippen LogP contribution is 2.07. The lowest BCUT2D eigenvalue weighted by atomic mass is 10.0. The molecule has 0 fully saturated rings. The van der Waals surface area contributed by atoms with Gasteiger partial charge in [0.1, 0.15) is 0 Å². The lowest BCUT2D eigenvalue weighted by Crippen LogP contribution is -2.36. The molecule has 4 nitrogen and oxygen atoms in total. The molecule has 0 aromatic heterocycles. The van der Waals surface area contributed by atoms with Gasteiger partial charge in [-0.25, -0.2) is 4.79 Å². The molecular weight excluding hydrogens is 230 g/mol. The predicted octanol–water partition coefficient (Wildman–Crippen LogP) is 2.09. The zero-order valence-corrected chi connectivity index (χ0v) is 11.6. The van der Waals surface area contributed by atoms with Crippen molar-refractivity contribution >= 4 is 5.97 Å². The van der Waals surface area contributed by atoms with Crippen molar-refractivity contribution in [2.45, 2.75) is 25.9 Å². The minimum atomic E-state index is -0.879. The third kappa shape index (κ3) is 7.81. The molecule has 0 heterocycles. The molecule has 2 N–H and O–H groups in total. The second kappa shape index (κ2) is 7.84. The second-order valence-corrected chi connectivity index (χ2v) is 4.76. The fraction of sp³-hybridized carbons (Fsp3) is 0.500. The van der Waals surface area contributed by atoms with Crippen LogP contribution in [0.15, 0.2) is 30.3 Å². The third-order valence-electron chi connectivity index (χ3n) is 2.44. The van der Waals surface area contributed by atoms with Gasteiger partial charge in [-0.1, -0.05) is 25.1 Å².